The van der Waals surface area contributed by atoms with Gasteiger partial charge < -0.3 is 14.1 Å². The number of carbonyl (C=O) groups is 1. The van der Waals surface area contributed by atoms with Gasteiger partial charge in [-0.2, -0.15) is 0 Å². The lowest BCUT2D eigenvalue weighted by Crippen LogP contribution is -2.38. The molecule has 2 aromatic carbocycles. The molecule has 0 N–H and O–H groups in total. The lowest BCUT2D eigenvalue weighted by Gasteiger charge is -2.29. The van der Waals surface area contributed by atoms with Crippen molar-refractivity contribution in [3.63, 3.8) is 0 Å². The van der Waals surface area contributed by atoms with E-state index in [2.05, 4.69) is 20.8 Å². The number of hydrogen-bond acceptors (Lipinski definition) is 5. The molecule has 1 atom stereocenters. The second kappa shape index (κ2) is 9.39. The minimum absolute atomic E-state index is 0.0947. The maximum Gasteiger partial charge on any atom is 0.290 e. The third-order valence-electron chi connectivity index (χ3n) is 6.16. The summed E-state index contributed by atoms with van der Waals surface area (Å²) in [7, 11) is 0. The van der Waals surface area contributed by atoms with Crippen LogP contribution in [0.5, 0.6) is 0 Å². The van der Waals surface area contributed by atoms with Crippen LogP contribution in [0.3, 0.4) is 0 Å². The number of benzene rings is 2. The van der Waals surface area contributed by atoms with E-state index in [-0.39, 0.29) is 17.1 Å². The molecule has 3 aromatic rings. The van der Waals surface area contributed by atoms with Crippen LogP contribution in [0, 0.1) is 0 Å². The van der Waals surface area contributed by atoms with Crippen LogP contribution in [0.1, 0.15) is 34.1 Å². The van der Waals surface area contributed by atoms with E-state index in [0.717, 1.165) is 49.3 Å². The van der Waals surface area contributed by atoms with E-state index >= 15 is 0 Å². The van der Waals surface area contributed by atoms with Crippen molar-refractivity contribution in [2.75, 3.05) is 39.4 Å². The number of nitrogens with zero attached hydrogens (tertiary/aromatic N) is 2. The van der Waals surface area contributed by atoms with Gasteiger partial charge in [0, 0.05) is 30.7 Å². The smallest absolute Gasteiger partial charge is 0.290 e. The first kappa shape index (κ1) is 22.9. The molecule has 172 valence electrons. The molecule has 33 heavy (non-hydrogen) atoms. The molecular formula is C24H21BrCl2N2O4. The molecule has 3 heterocycles. The van der Waals surface area contributed by atoms with Gasteiger partial charge in [-0.1, -0.05) is 45.2 Å². The van der Waals surface area contributed by atoms with Crippen LogP contribution >= 0.6 is 39.1 Å². The quantitative estimate of drug-likeness (QED) is 0.440. The van der Waals surface area contributed by atoms with E-state index in [1.165, 1.54) is 0 Å². The second-order valence-electron chi connectivity index (χ2n) is 8.20. The SMILES string of the molecule is O=C1c2oc3ccc(Br)cc3c(=O)c2C(c2ccc(Cl)c(Cl)c2)N1CCCN1CCOCC1. The molecule has 1 unspecified atom stereocenters. The molecule has 0 aliphatic carbocycles. The van der Waals surface area contributed by atoms with E-state index in [0.29, 0.717) is 33.1 Å². The summed E-state index contributed by atoms with van der Waals surface area (Å²) in [5, 5.41) is 1.21. The highest BCUT2D eigenvalue weighted by molar-refractivity contribution is 9.10. The number of fused-ring (bicyclic) bond motifs is 2. The molecule has 5 rings (SSSR count). The first-order chi connectivity index (χ1) is 15.9. The van der Waals surface area contributed by atoms with Crippen molar-refractivity contribution < 1.29 is 13.9 Å². The van der Waals surface area contributed by atoms with Crippen LogP contribution in [-0.2, 0) is 4.74 Å². The normalized spacial score (nSPS) is 18.8. The van der Waals surface area contributed by atoms with Gasteiger partial charge in [-0.3, -0.25) is 14.5 Å². The average Bonchev–Trinajstić information content (AvgIpc) is 3.09. The van der Waals surface area contributed by atoms with Crippen molar-refractivity contribution in [1.82, 2.24) is 9.80 Å². The van der Waals surface area contributed by atoms with Crippen LogP contribution in [0.15, 0.2) is 50.1 Å². The first-order valence-corrected chi connectivity index (χ1v) is 12.3. The number of ether oxygens (including phenoxy) is 1. The average molecular weight is 552 g/mol. The Hall–Kier alpha value is -1.90. The number of halogens is 3. The van der Waals surface area contributed by atoms with Gasteiger partial charge in [0.1, 0.15) is 5.58 Å². The summed E-state index contributed by atoms with van der Waals surface area (Å²) in [6, 6.07) is 9.83. The zero-order valence-corrected chi connectivity index (χ0v) is 20.8. The van der Waals surface area contributed by atoms with E-state index in [1.807, 2.05) is 0 Å². The Balaban J connectivity index is 1.56. The van der Waals surface area contributed by atoms with Gasteiger partial charge in [0.25, 0.3) is 5.91 Å². The Labute approximate surface area is 209 Å². The highest BCUT2D eigenvalue weighted by Crippen LogP contribution is 2.40. The lowest BCUT2D eigenvalue weighted by molar-refractivity contribution is 0.0353. The highest BCUT2D eigenvalue weighted by Gasteiger charge is 2.42. The Morgan fingerprint density at radius 3 is 2.55 bits per heavy atom. The Kier molecular flexibility index (Phi) is 6.51. The maximum atomic E-state index is 13.6. The fraction of sp³-hybridized carbons (Fsp3) is 0.333. The van der Waals surface area contributed by atoms with E-state index in [9.17, 15) is 9.59 Å². The number of morpholine rings is 1. The molecule has 0 spiro atoms. The van der Waals surface area contributed by atoms with Gasteiger partial charge in [0.05, 0.1) is 40.3 Å². The summed E-state index contributed by atoms with van der Waals surface area (Å²) >= 11 is 15.9. The van der Waals surface area contributed by atoms with Crippen molar-refractivity contribution in [3.05, 3.63) is 78.0 Å². The fourth-order valence-electron chi connectivity index (χ4n) is 4.54. The van der Waals surface area contributed by atoms with Crippen molar-refractivity contribution in [2.24, 2.45) is 0 Å². The molecule has 2 aliphatic rings. The lowest BCUT2D eigenvalue weighted by atomic mass is 9.98. The molecule has 0 bridgehead atoms. The first-order valence-electron chi connectivity index (χ1n) is 10.8. The number of amides is 1. The molecule has 0 saturated carbocycles. The molecule has 1 saturated heterocycles. The van der Waals surface area contributed by atoms with Crippen molar-refractivity contribution in [1.29, 1.82) is 0 Å². The predicted octanol–water partition coefficient (Wildman–Crippen LogP) is 5.13. The zero-order chi connectivity index (χ0) is 23.1. The topological polar surface area (TPSA) is 63.0 Å². The molecule has 9 heteroatoms. The fourth-order valence-corrected chi connectivity index (χ4v) is 5.21. The van der Waals surface area contributed by atoms with Gasteiger partial charge in [0.2, 0.25) is 5.76 Å². The van der Waals surface area contributed by atoms with E-state index < -0.39 is 6.04 Å². The van der Waals surface area contributed by atoms with Crippen LogP contribution in [0.25, 0.3) is 11.0 Å². The van der Waals surface area contributed by atoms with Crippen molar-refractivity contribution in [2.45, 2.75) is 12.5 Å². The van der Waals surface area contributed by atoms with Gasteiger partial charge in [-0.15, -0.1) is 0 Å². The van der Waals surface area contributed by atoms with Gasteiger partial charge in [0.15, 0.2) is 5.43 Å². The van der Waals surface area contributed by atoms with Crippen LogP contribution in [0.4, 0.5) is 0 Å². The Morgan fingerprint density at radius 1 is 1.00 bits per heavy atom. The summed E-state index contributed by atoms with van der Waals surface area (Å²) in [6.07, 6.45) is 0.761. The van der Waals surface area contributed by atoms with Gasteiger partial charge in [-0.25, -0.2) is 0 Å². The third kappa shape index (κ3) is 4.33. The van der Waals surface area contributed by atoms with Crippen LogP contribution in [-0.4, -0.2) is 55.1 Å². The van der Waals surface area contributed by atoms with Crippen LogP contribution in [0.2, 0.25) is 10.0 Å². The zero-order valence-electron chi connectivity index (χ0n) is 17.7. The predicted molar refractivity (Wildman–Crippen MR) is 131 cm³/mol. The van der Waals surface area contributed by atoms with Crippen molar-refractivity contribution >= 4 is 56.0 Å². The molecule has 2 aliphatic heterocycles. The number of carbonyl (C=O) groups excluding carboxylic acids is 1. The largest absolute Gasteiger partial charge is 0.450 e. The molecular weight excluding hydrogens is 531 g/mol. The molecule has 1 aromatic heterocycles. The van der Waals surface area contributed by atoms with E-state index in [1.54, 1.807) is 41.3 Å². The Bertz CT molecular complexity index is 1290. The number of rotatable bonds is 5. The second-order valence-corrected chi connectivity index (χ2v) is 9.93. The highest BCUT2D eigenvalue weighted by atomic mass is 79.9. The summed E-state index contributed by atoms with van der Waals surface area (Å²) in [5.74, 6) is -0.192. The summed E-state index contributed by atoms with van der Waals surface area (Å²) < 4.78 is 12.2. The van der Waals surface area contributed by atoms with Gasteiger partial charge >= 0.3 is 0 Å². The maximum absolute atomic E-state index is 13.6. The standard InChI is InChI=1S/C24H21BrCl2N2O4/c25-15-3-5-19-16(13-15)22(30)20-21(14-2-4-17(26)18(27)12-14)29(24(31)23(20)33-19)7-1-6-28-8-10-32-11-9-28/h2-5,12-13,21H,1,6-11H2. The molecule has 6 nitrogen and oxygen atoms in total. The molecule has 1 amide bonds. The monoisotopic (exact) mass is 550 g/mol. The minimum atomic E-state index is -0.591. The van der Waals surface area contributed by atoms with Crippen LogP contribution < -0.4 is 5.43 Å². The van der Waals surface area contributed by atoms with Crippen molar-refractivity contribution in [3.8, 4) is 0 Å². The van der Waals surface area contributed by atoms with E-state index in [4.69, 9.17) is 32.4 Å². The summed E-state index contributed by atoms with van der Waals surface area (Å²) in [6.45, 7) is 4.52. The molecule has 0 radical (unpaired) electrons. The summed E-state index contributed by atoms with van der Waals surface area (Å²) in [4.78, 5) is 31.1. The minimum Gasteiger partial charge on any atom is -0.450 e. The molecule has 1 fully saturated rings. The number of hydrogen-bond donors (Lipinski definition) is 0. The third-order valence-corrected chi connectivity index (χ3v) is 7.40. The Morgan fingerprint density at radius 2 is 1.79 bits per heavy atom. The summed E-state index contributed by atoms with van der Waals surface area (Å²) in [5.41, 5.74) is 1.24. The van der Waals surface area contributed by atoms with Gasteiger partial charge in [-0.05, 0) is 42.3 Å².